The fourth-order valence-corrected chi connectivity index (χ4v) is 1.01. The van der Waals surface area contributed by atoms with Gasteiger partial charge in [-0.15, -0.1) is 0 Å². The van der Waals surface area contributed by atoms with Crippen LogP contribution in [-0.2, 0) is 0 Å². The van der Waals surface area contributed by atoms with E-state index in [4.69, 9.17) is 5.26 Å². The number of nitriles is 1. The molecule has 0 unspecified atom stereocenters. The maximum absolute atomic E-state index is 11.5. The normalized spacial score (nSPS) is 9.73. The van der Waals surface area contributed by atoms with E-state index in [1.54, 1.807) is 18.2 Å². The van der Waals surface area contributed by atoms with Crippen LogP contribution in [0.25, 0.3) is 0 Å². The summed E-state index contributed by atoms with van der Waals surface area (Å²) in [6.45, 7) is 4.64. The monoisotopic (exact) mass is 203 g/mol. The van der Waals surface area contributed by atoms with Gasteiger partial charge in [-0.3, -0.25) is 4.79 Å². The first-order chi connectivity index (χ1) is 7.13. The maximum atomic E-state index is 11.5. The van der Waals surface area contributed by atoms with E-state index >= 15 is 0 Å². The molecule has 0 aromatic carbocycles. The molecule has 1 rings (SSSR count). The molecule has 0 aliphatic carbocycles. The van der Waals surface area contributed by atoms with Crippen molar-refractivity contribution in [1.82, 2.24) is 10.3 Å². The smallest absolute Gasteiger partial charge is 0.269 e. The highest BCUT2D eigenvalue weighted by molar-refractivity contribution is 5.92. The highest BCUT2D eigenvalue weighted by Gasteiger charge is 2.07. The van der Waals surface area contributed by atoms with Crippen LogP contribution in [-0.4, -0.2) is 17.4 Å². The van der Waals surface area contributed by atoms with Crippen molar-refractivity contribution < 1.29 is 4.79 Å². The van der Waals surface area contributed by atoms with E-state index in [2.05, 4.69) is 10.3 Å². The summed E-state index contributed by atoms with van der Waals surface area (Å²) in [7, 11) is 0. The number of hydrogen-bond acceptors (Lipinski definition) is 3. The molecule has 15 heavy (non-hydrogen) atoms. The van der Waals surface area contributed by atoms with Crippen LogP contribution < -0.4 is 5.32 Å². The molecule has 1 N–H and O–H groups in total. The first kappa shape index (κ1) is 11.2. The molecule has 1 aromatic rings. The van der Waals surface area contributed by atoms with Crippen molar-refractivity contribution in [2.45, 2.75) is 13.8 Å². The summed E-state index contributed by atoms with van der Waals surface area (Å²) in [4.78, 5) is 15.4. The lowest BCUT2D eigenvalue weighted by molar-refractivity contribution is 0.0944. The number of amides is 1. The fraction of sp³-hybridized carbons (Fsp3) is 0.364. The van der Waals surface area contributed by atoms with Crippen molar-refractivity contribution >= 4 is 5.91 Å². The Balaban J connectivity index is 2.70. The Morgan fingerprint density at radius 2 is 2.33 bits per heavy atom. The third-order valence-corrected chi connectivity index (χ3v) is 1.77. The molecule has 1 amide bonds. The summed E-state index contributed by atoms with van der Waals surface area (Å²) in [6, 6.07) is 6.71. The largest absolute Gasteiger partial charge is 0.350 e. The number of hydrogen-bond donors (Lipinski definition) is 1. The van der Waals surface area contributed by atoms with E-state index in [9.17, 15) is 4.79 Å². The predicted octanol–water partition coefficient (Wildman–Crippen LogP) is 1.34. The molecule has 0 bridgehead atoms. The average molecular weight is 203 g/mol. The number of carbonyl (C=O) groups is 1. The van der Waals surface area contributed by atoms with Crippen LogP contribution in [0.2, 0.25) is 0 Å². The Labute approximate surface area is 88.9 Å². The van der Waals surface area contributed by atoms with E-state index in [0.29, 0.717) is 12.5 Å². The van der Waals surface area contributed by atoms with Crippen molar-refractivity contribution in [2.24, 2.45) is 5.92 Å². The summed E-state index contributed by atoms with van der Waals surface area (Å²) in [5.41, 5.74) is 0.543. The van der Waals surface area contributed by atoms with Crippen molar-refractivity contribution in [1.29, 1.82) is 5.26 Å². The van der Waals surface area contributed by atoms with E-state index in [0.717, 1.165) is 0 Å². The molecule has 4 heteroatoms. The van der Waals surface area contributed by atoms with E-state index in [-0.39, 0.29) is 17.3 Å². The number of rotatable bonds is 3. The summed E-state index contributed by atoms with van der Waals surface area (Å²) < 4.78 is 0. The second-order valence-electron chi connectivity index (χ2n) is 3.62. The molecule has 0 radical (unpaired) electrons. The standard InChI is InChI=1S/C11H13N3O/c1-8(2)7-13-11(15)10-5-3-4-9(6-12)14-10/h3-5,8H,7H2,1-2H3,(H,13,15). The van der Waals surface area contributed by atoms with Crippen LogP contribution in [0.15, 0.2) is 18.2 Å². The molecule has 1 heterocycles. The Morgan fingerprint density at radius 3 is 2.93 bits per heavy atom. The molecule has 0 spiro atoms. The molecular formula is C11H13N3O. The number of carbonyl (C=O) groups excluding carboxylic acids is 1. The molecule has 0 saturated heterocycles. The zero-order valence-electron chi connectivity index (χ0n) is 8.82. The Hall–Kier alpha value is -1.89. The number of aromatic nitrogens is 1. The quantitative estimate of drug-likeness (QED) is 0.806. The van der Waals surface area contributed by atoms with Gasteiger partial charge in [-0.2, -0.15) is 5.26 Å². The minimum Gasteiger partial charge on any atom is -0.350 e. The van der Waals surface area contributed by atoms with E-state index in [1.165, 1.54) is 0 Å². The summed E-state index contributed by atoms with van der Waals surface area (Å²) >= 11 is 0. The Morgan fingerprint density at radius 1 is 1.60 bits per heavy atom. The van der Waals surface area contributed by atoms with Gasteiger partial charge in [-0.25, -0.2) is 4.98 Å². The van der Waals surface area contributed by atoms with Gasteiger partial charge < -0.3 is 5.32 Å². The Kier molecular flexibility index (Phi) is 3.81. The van der Waals surface area contributed by atoms with Crippen LogP contribution in [0, 0.1) is 17.2 Å². The van der Waals surface area contributed by atoms with Crippen molar-refractivity contribution in [3.05, 3.63) is 29.6 Å². The summed E-state index contributed by atoms with van der Waals surface area (Å²) in [5.74, 6) is 0.161. The van der Waals surface area contributed by atoms with Crippen molar-refractivity contribution in [3.8, 4) is 6.07 Å². The third-order valence-electron chi connectivity index (χ3n) is 1.77. The van der Waals surface area contributed by atoms with Gasteiger partial charge in [0.05, 0.1) is 0 Å². The molecule has 0 aliphatic heterocycles. The minimum absolute atomic E-state index is 0.235. The van der Waals surface area contributed by atoms with Crippen molar-refractivity contribution in [3.63, 3.8) is 0 Å². The van der Waals surface area contributed by atoms with Gasteiger partial charge in [-0.1, -0.05) is 19.9 Å². The molecule has 0 fully saturated rings. The van der Waals surface area contributed by atoms with Crippen LogP contribution in [0.4, 0.5) is 0 Å². The average Bonchev–Trinajstić information content (AvgIpc) is 2.26. The van der Waals surface area contributed by atoms with E-state index < -0.39 is 0 Å². The van der Waals surface area contributed by atoms with Crippen LogP contribution >= 0.6 is 0 Å². The van der Waals surface area contributed by atoms with Gasteiger partial charge in [0, 0.05) is 6.54 Å². The van der Waals surface area contributed by atoms with Gasteiger partial charge in [0.15, 0.2) is 0 Å². The lowest BCUT2D eigenvalue weighted by Crippen LogP contribution is -2.28. The zero-order chi connectivity index (χ0) is 11.3. The van der Waals surface area contributed by atoms with Gasteiger partial charge in [0.1, 0.15) is 17.5 Å². The molecule has 0 atom stereocenters. The fourth-order valence-electron chi connectivity index (χ4n) is 1.01. The van der Waals surface area contributed by atoms with Gasteiger partial charge >= 0.3 is 0 Å². The zero-order valence-corrected chi connectivity index (χ0v) is 8.82. The molecule has 1 aromatic heterocycles. The van der Waals surface area contributed by atoms with Gasteiger partial charge in [0.25, 0.3) is 5.91 Å². The number of pyridine rings is 1. The SMILES string of the molecule is CC(C)CNC(=O)c1cccc(C#N)n1. The number of nitrogens with one attached hydrogen (secondary N) is 1. The highest BCUT2D eigenvalue weighted by Crippen LogP contribution is 1.98. The van der Waals surface area contributed by atoms with Crippen LogP contribution in [0.3, 0.4) is 0 Å². The lowest BCUT2D eigenvalue weighted by Gasteiger charge is -2.06. The highest BCUT2D eigenvalue weighted by atomic mass is 16.1. The van der Waals surface area contributed by atoms with Gasteiger partial charge in [-0.05, 0) is 18.1 Å². The lowest BCUT2D eigenvalue weighted by atomic mass is 10.2. The van der Waals surface area contributed by atoms with Crippen LogP contribution in [0.1, 0.15) is 30.0 Å². The topological polar surface area (TPSA) is 65.8 Å². The second kappa shape index (κ2) is 5.11. The summed E-state index contributed by atoms with van der Waals surface area (Å²) in [5, 5.41) is 11.4. The molecular weight excluding hydrogens is 190 g/mol. The Bertz CT molecular complexity index is 393. The molecule has 0 aliphatic rings. The second-order valence-corrected chi connectivity index (χ2v) is 3.62. The first-order valence-electron chi connectivity index (χ1n) is 4.79. The molecule has 0 saturated carbocycles. The molecule has 4 nitrogen and oxygen atoms in total. The third kappa shape index (κ3) is 3.39. The minimum atomic E-state index is -0.235. The van der Waals surface area contributed by atoms with Crippen LogP contribution in [0.5, 0.6) is 0 Å². The van der Waals surface area contributed by atoms with E-state index in [1.807, 2.05) is 19.9 Å². The predicted molar refractivity (Wildman–Crippen MR) is 56.1 cm³/mol. The number of nitrogens with zero attached hydrogens (tertiary/aromatic N) is 2. The van der Waals surface area contributed by atoms with Crippen molar-refractivity contribution in [2.75, 3.05) is 6.54 Å². The summed E-state index contributed by atoms with van der Waals surface area (Å²) in [6.07, 6.45) is 0. The molecule has 78 valence electrons. The van der Waals surface area contributed by atoms with Gasteiger partial charge in [0.2, 0.25) is 0 Å². The maximum Gasteiger partial charge on any atom is 0.269 e. The first-order valence-corrected chi connectivity index (χ1v) is 4.79.